The molecule has 0 fully saturated rings. The van der Waals surface area contributed by atoms with Crippen LogP contribution in [0.2, 0.25) is 0 Å². The number of carbonyl (C=O) groups excluding carboxylic acids is 1. The van der Waals surface area contributed by atoms with E-state index in [0.29, 0.717) is 12.2 Å². The van der Waals surface area contributed by atoms with Crippen molar-refractivity contribution in [3.05, 3.63) is 29.8 Å². The Labute approximate surface area is 115 Å². The SMILES string of the molecule is CCOc1ccc([C-]=O)cc1.[K+]. The molecule has 2 nitrogen and oxygen atoms in total. The molecule has 1 aromatic carbocycles. The van der Waals surface area contributed by atoms with Gasteiger partial charge < -0.3 is 9.53 Å². The van der Waals surface area contributed by atoms with E-state index in [9.17, 15) is 4.79 Å². The van der Waals surface area contributed by atoms with Crippen LogP contribution in [0.5, 0.6) is 5.75 Å². The van der Waals surface area contributed by atoms with E-state index in [-0.39, 0.29) is 51.4 Å². The second-order valence-electron chi connectivity index (χ2n) is 2.06. The van der Waals surface area contributed by atoms with Gasteiger partial charge in [-0.3, -0.25) is 0 Å². The molecule has 0 spiro atoms. The van der Waals surface area contributed by atoms with E-state index >= 15 is 0 Å². The minimum atomic E-state index is 0. The molecule has 0 aliphatic heterocycles. The van der Waals surface area contributed by atoms with Crippen molar-refractivity contribution in [1.29, 1.82) is 0 Å². The summed E-state index contributed by atoms with van der Waals surface area (Å²) >= 11 is 0. The van der Waals surface area contributed by atoms with E-state index in [4.69, 9.17) is 4.74 Å². The van der Waals surface area contributed by atoms with Crippen LogP contribution in [0.25, 0.3) is 0 Å². The molecule has 58 valence electrons. The standard InChI is InChI=1S/C9H9O2.K/c1-2-11-9-5-3-8(7-10)4-6-9;/h3-6H,2H2,1H3;/q-1;+1. The molecular formula is C9H9KO2. The Balaban J connectivity index is 0.00000121. The third-order valence-corrected chi connectivity index (χ3v) is 1.28. The molecule has 0 amide bonds. The number of rotatable bonds is 3. The first kappa shape index (κ1) is 12.3. The van der Waals surface area contributed by atoms with Gasteiger partial charge >= 0.3 is 51.4 Å². The van der Waals surface area contributed by atoms with Crippen molar-refractivity contribution in [2.45, 2.75) is 6.92 Å². The maximum absolute atomic E-state index is 10.1. The molecule has 0 N–H and O–H groups in total. The van der Waals surface area contributed by atoms with E-state index < -0.39 is 0 Å². The zero-order valence-electron chi connectivity index (χ0n) is 7.33. The van der Waals surface area contributed by atoms with Crippen LogP contribution in [0.3, 0.4) is 0 Å². The number of hydrogen-bond acceptors (Lipinski definition) is 2. The van der Waals surface area contributed by atoms with E-state index in [0.717, 1.165) is 5.75 Å². The van der Waals surface area contributed by atoms with Crippen molar-refractivity contribution in [3.8, 4) is 5.75 Å². The molecule has 0 heterocycles. The molecule has 0 aromatic heterocycles. The van der Waals surface area contributed by atoms with E-state index in [2.05, 4.69) is 0 Å². The molecule has 1 aromatic rings. The average Bonchev–Trinajstić information content (AvgIpc) is 2.07. The van der Waals surface area contributed by atoms with Crippen LogP contribution in [0.15, 0.2) is 24.3 Å². The summed E-state index contributed by atoms with van der Waals surface area (Å²) in [5.41, 5.74) is 0.549. The topological polar surface area (TPSA) is 26.3 Å². The van der Waals surface area contributed by atoms with E-state index in [1.165, 1.54) is 0 Å². The van der Waals surface area contributed by atoms with Gasteiger partial charge in [0.2, 0.25) is 0 Å². The van der Waals surface area contributed by atoms with Crippen LogP contribution in [-0.2, 0) is 4.79 Å². The van der Waals surface area contributed by atoms with Gasteiger partial charge in [0, 0.05) is 0 Å². The molecule has 0 unspecified atom stereocenters. The van der Waals surface area contributed by atoms with Gasteiger partial charge in [-0.05, 0) is 6.92 Å². The summed E-state index contributed by atoms with van der Waals surface area (Å²) < 4.78 is 5.18. The van der Waals surface area contributed by atoms with Gasteiger partial charge in [-0.25, -0.2) is 0 Å². The van der Waals surface area contributed by atoms with Crippen molar-refractivity contribution in [3.63, 3.8) is 0 Å². The van der Waals surface area contributed by atoms with Crippen molar-refractivity contribution in [2.75, 3.05) is 6.61 Å². The van der Waals surface area contributed by atoms with Crippen molar-refractivity contribution in [2.24, 2.45) is 0 Å². The minimum absolute atomic E-state index is 0. The Bertz CT molecular complexity index is 231. The summed E-state index contributed by atoms with van der Waals surface area (Å²) in [6.45, 7) is 2.56. The molecule has 0 saturated heterocycles. The number of ether oxygens (including phenoxy) is 1. The van der Waals surface area contributed by atoms with Crippen LogP contribution in [0.1, 0.15) is 12.5 Å². The van der Waals surface area contributed by atoms with Crippen molar-refractivity contribution >= 4 is 6.29 Å². The van der Waals surface area contributed by atoms with Crippen molar-refractivity contribution < 1.29 is 60.9 Å². The summed E-state index contributed by atoms with van der Waals surface area (Å²) in [4.78, 5) is 10.1. The van der Waals surface area contributed by atoms with Gasteiger partial charge in [0.05, 0.1) is 18.6 Å². The Morgan fingerprint density at radius 2 is 1.92 bits per heavy atom. The monoisotopic (exact) mass is 188 g/mol. The third kappa shape index (κ3) is 3.82. The second kappa shape index (κ2) is 6.80. The maximum atomic E-state index is 10.1. The molecule has 0 atom stereocenters. The summed E-state index contributed by atoms with van der Waals surface area (Å²) in [6.07, 6.45) is 1.79. The molecule has 12 heavy (non-hydrogen) atoms. The Morgan fingerprint density at radius 1 is 1.33 bits per heavy atom. The Morgan fingerprint density at radius 3 is 2.33 bits per heavy atom. The summed E-state index contributed by atoms with van der Waals surface area (Å²) in [5.74, 6) is 0.784. The predicted octanol–water partition coefficient (Wildman–Crippen LogP) is -1.45. The predicted molar refractivity (Wildman–Crippen MR) is 42.4 cm³/mol. The van der Waals surface area contributed by atoms with Gasteiger partial charge in [0.15, 0.2) is 0 Å². The maximum Gasteiger partial charge on any atom is 1.00 e. The van der Waals surface area contributed by atoms with Gasteiger partial charge in [-0.1, -0.05) is 12.1 Å². The molecule has 0 aliphatic carbocycles. The van der Waals surface area contributed by atoms with Crippen LogP contribution < -0.4 is 56.1 Å². The second-order valence-corrected chi connectivity index (χ2v) is 2.06. The summed E-state index contributed by atoms with van der Waals surface area (Å²) in [6, 6.07) is 6.86. The van der Waals surface area contributed by atoms with Crippen LogP contribution in [0.4, 0.5) is 0 Å². The normalized spacial score (nSPS) is 8.42. The number of benzene rings is 1. The molecule has 0 aliphatic rings. The summed E-state index contributed by atoms with van der Waals surface area (Å²) in [7, 11) is 0. The first-order chi connectivity index (χ1) is 5.36. The quantitative estimate of drug-likeness (QED) is 0.428. The minimum Gasteiger partial charge on any atom is -0.496 e. The largest absolute Gasteiger partial charge is 1.00 e. The zero-order chi connectivity index (χ0) is 8.10. The first-order valence-electron chi connectivity index (χ1n) is 3.48. The van der Waals surface area contributed by atoms with Crippen LogP contribution in [0, 0.1) is 0 Å². The van der Waals surface area contributed by atoms with Gasteiger partial charge in [0.1, 0.15) is 0 Å². The molecule has 0 radical (unpaired) electrons. The zero-order valence-corrected chi connectivity index (χ0v) is 10.5. The smallest absolute Gasteiger partial charge is 0.496 e. The van der Waals surface area contributed by atoms with Gasteiger partial charge in [0.25, 0.3) is 0 Å². The molecule has 1 rings (SSSR count). The van der Waals surface area contributed by atoms with E-state index in [1.54, 1.807) is 30.6 Å². The average molecular weight is 188 g/mol. The summed E-state index contributed by atoms with van der Waals surface area (Å²) in [5, 5.41) is 0. The van der Waals surface area contributed by atoms with Crippen LogP contribution in [-0.4, -0.2) is 12.9 Å². The molecular weight excluding hydrogens is 179 g/mol. The van der Waals surface area contributed by atoms with Crippen molar-refractivity contribution in [1.82, 2.24) is 0 Å². The Hall–Kier alpha value is 0.326. The first-order valence-corrected chi connectivity index (χ1v) is 3.48. The molecule has 3 heteroatoms. The van der Waals surface area contributed by atoms with Gasteiger partial charge in [-0.15, -0.1) is 0 Å². The van der Waals surface area contributed by atoms with Crippen LogP contribution >= 0.6 is 0 Å². The molecule has 0 saturated carbocycles. The molecule has 0 bridgehead atoms. The van der Waals surface area contributed by atoms with E-state index in [1.807, 2.05) is 6.92 Å². The number of hydrogen-bond donors (Lipinski definition) is 0. The van der Waals surface area contributed by atoms with Gasteiger partial charge in [-0.2, -0.15) is 17.7 Å². The fourth-order valence-corrected chi connectivity index (χ4v) is 0.786. The fourth-order valence-electron chi connectivity index (χ4n) is 0.786. The Kier molecular flexibility index (Phi) is 6.99. The third-order valence-electron chi connectivity index (χ3n) is 1.28. The fraction of sp³-hybridized carbons (Fsp3) is 0.222.